The zero-order valence-electron chi connectivity index (χ0n) is 11.4. The molecule has 0 unspecified atom stereocenters. The molecular formula is C16H21NO. The molecular weight excluding hydrogens is 222 g/mol. The van der Waals surface area contributed by atoms with Gasteiger partial charge in [0, 0.05) is 23.0 Å². The number of hydrogen-bond acceptors (Lipinski definition) is 2. The van der Waals surface area contributed by atoms with Crippen LogP contribution in [-0.4, -0.2) is 5.54 Å². The van der Waals surface area contributed by atoms with Crippen molar-refractivity contribution < 1.29 is 4.42 Å². The van der Waals surface area contributed by atoms with Gasteiger partial charge in [0.2, 0.25) is 0 Å². The molecule has 3 rings (SSSR count). The van der Waals surface area contributed by atoms with Gasteiger partial charge in [0.1, 0.15) is 11.3 Å². The van der Waals surface area contributed by atoms with Crippen LogP contribution in [0.15, 0.2) is 28.7 Å². The molecule has 1 aromatic heterocycles. The maximum absolute atomic E-state index is 5.80. The third-order valence-electron chi connectivity index (χ3n) is 4.22. The molecule has 0 bridgehead atoms. The zero-order chi connectivity index (χ0) is 12.8. The lowest BCUT2D eigenvalue weighted by Crippen LogP contribution is -2.40. The highest BCUT2D eigenvalue weighted by molar-refractivity contribution is 5.82. The highest BCUT2D eigenvalue weighted by Gasteiger charge is 2.37. The van der Waals surface area contributed by atoms with E-state index in [9.17, 15) is 0 Å². The van der Waals surface area contributed by atoms with Crippen molar-refractivity contribution in [1.82, 2.24) is 5.32 Å². The van der Waals surface area contributed by atoms with Crippen LogP contribution >= 0.6 is 0 Å². The van der Waals surface area contributed by atoms with Crippen molar-refractivity contribution in [2.45, 2.75) is 45.7 Å². The van der Waals surface area contributed by atoms with Gasteiger partial charge in [-0.2, -0.15) is 0 Å². The predicted molar refractivity (Wildman–Crippen MR) is 74.6 cm³/mol. The summed E-state index contributed by atoms with van der Waals surface area (Å²) >= 11 is 0. The summed E-state index contributed by atoms with van der Waals surface area (Å²) in [4.78, 5) is 0. The minimum atomic E-state index is 0.241. The third-order valence-corrected chi connectivity index (χ3v) is 4.22. The number of rotatable bonds is 4. The Labute approximate surface area is 108 Å². The molecule has 1 aliphatic rings. The monoisotopic (exact) mass is 243 g/mol. The van der Waals surface area contributed by atoms with Gasteiger partial charge >= 0.3 is 0 Å². The van der Waals surface area contributed by atoms with E-state index in [-0.39, 0.29) is 5.54 Å². The first-order valence-electron chi connectivity index (χ1n) is 6.80. The van der Waals surface area contributed by atoms with E-state index in [0.717, 1.165) is 23.8 Å². The molecule has 1 heterocycles. The fourth-order valence-corrected chi connectivity index (χ4v) is 2.71. The second kappa shape index (κ2) is 4.13. The Kier molecular flexibility index (Phi) is 2.70. The normalized spacial score (nSPS) is 16.4. The van der Waals surface area contributed by atoms with Crippen LogP contribution in [0.4, 0.5) is 0 Å². The van der Waals surface area contributed by atoms with E-state index in [4.69, 9.17) is 4.42 Å². The molecule has 2 aromatic rings. The Hall–Kier alpha value is -1.28. The van der Waals surface area contributed by atoms with Gasteiger partial charge in [0.15, 0.2) is 0 Å². The third kappa shape index (κ3) is 2.05. The van der Waals surface area contributed by atoms with Gasteiger partial charge in [0.05, 0.1) is 0 Å². The van der Waals surface area contributed by atoms with Crippen molar-refractivity contribution in [2.75, 3.05) is 0 Å². The number of para-hydroxylation sites is 1. The van der Waals surface area contributed by atoms with Crippen molar-refractivity contribution in [1.29, 1.82) is 0 Å². The van der Waals surface area contributed by atoms with E-state index in [0.29, 0.717) is 0 Å². The van der Waals surface area contributed by atoms with Gasteiger partial charge in [-0.25, -0.2) is 0 Å². The number of fused-ring (bicyclic) bond motifs is 1. The van der Waals surface area contributed by atoms with E-state index in [2.05, 4.69) is 38.2 Å². The molecule has 0 saturated heterocycles. The van der Waals surface area contributed by atoms with Gasteiger partial charge in [-0.15, -0.1) is 0 Å². The quantitative estimate of drug-likeness (QED) is 0.877. The van der Waals surface area contributed by atoms with E-state index < -0.39 is 0 Å². The Morgan fingerprint density at radius 3 is 2.72 bits per heavy atom. The number of benzene rings is 1. The fourth-order valence-electron chi connectivity index (χ4n) is 2.71. The number of furan rings is 1. The molecule has 0 amide bonds. The molecule has 18 heavy (non-hydrogen) atoms. The minimum Gasteiger partial charge on any atom is -0.461 e. The van der Waals surface area contributed by atoms with Crippen LogP contribution < -0.4 is 5.32 Å². The van der Waals surface area contributed by atoms with E-state index in [1.54, 1.807) is 0 Å². The highest BCUT2D eigenvalue weighted by atomic mass is 16.3. The lowest BCUT2D eigenvalue weighted by Gasteiger charge is -2.26. The molecule has 0 spiro atoms. The van der Waals surface area contributed by atoms with Crippen molar-refractivity contribution in [3.05, 3.63) is 35.6 Å². The van der Waals surface area contributed by atoms with Gasteiger partial charge in [-0.3, -0.25) is 0 Å². The molecule has 1 aromatic carbocycles. The largest absolute Gasteiger partial charge is 0.461 e. The first-order chi connectivity index (χ1) is 8.58. The van der Waals surface area contributed by atoms with Crippen LogP contribution in [0.25, 0.3) is 11.0 Å². The smallest absolute Gasteiger partial charge is 0.134 e. The Morgan fingerprint density at radius 2 is 2.00 bits per heavy atom. The topological polar surface area (TPSA) is 25.2 Å². The zero-order valence-corrected chi connectivity index (χ0v) is 11.4. The average molecular weight is 243 g/mol. The maximum Gasteiger partial charge on any atom is 0.134 e. The van der Waals surface area contributed by atoms with Crippen molar-refractivity contribution in [2.24, 2.45) is 5.92 Å². The summed E-state index contributed by atoms with van der Waals surface area (Å²) in [5.41, 5.74) is 2.54. The minimum absolute atomic E-state index is 0.241. The summed E-state index contributed by atoms with van der Waals surface area (Å²) in [5.74, 6) is 1.88. The van der Waals surface area contributed by atoms with Crippen LogP contribution in [0, 0.1) is 12.8 Å². The second-order valence-electron chi connectivity index (χ2n) is 5.98. The second-order valence-corrected chi connectivity index (χ2v) is 5.98. The summed E-state index contributed by atoms with van der Waals surface area (Å²) < 4.78 is 5.80. The lowest BCUT2D eigenvalue weighted by molar-refractivity contribution is 0.338. The average Bonchev–Trinajstić information content (AvgIpc) is 3.12. The molecule has 1 aliphatic carbocycles. The van der Waals surface area contributed by atoms with Crippen molar-refractivity contribution in [3.63, 3.8) is 0 Å². The van der Waals surface area contributed by atoms with E-state index >= 15 is 0 Å². The summed E-state index contributed by atoms with van der Waals surface area (Å²) in [6.45, 7) is 7.57. The molecule has 1 fully saturated rings. The molecule has 1 N–H and O–H groups in total. The van der Waals surface area contributed by atoms with Crippen LogP contribution in [0.2, 0.25) is 0 Å². The summed E-state index contributed by atoms with van der Waals surface area (Å²) in [7, 11) is 0. The maximum atomic E-state index is 5.80. The molecule has 2 heteroatoms. The van der Waals surface area contributed by atoms with Gasteiger partial charge in [0.25, 0.3) is 0 Å². The fraction of sp³-hybridized carbons (Fsp3) is 0.500. The SMILES string of the molecule is Cc1oc2ccccc2c1CNC(C)(C)C1CC1. The molecule has 96 valence electrons. The predicted octanol–water partition coefficient (Wildman–Crippen LogP) is 4.02. The van der Waals surface area contributed by atoms with Crippen LogP contribution in [0.5, 0.6) is 0 Å². The Bertz CT molecular complexity index is 563. The van der Waals surface area contributed by atoms with Crippen LogP contribution in [0.3, 0.4) is 0 Å². The summed E-state index contributed by atoms with van der Waals surface area (Å²) in [6.07, 6.45) is 2.73. The Balaban J connectivity index is 1.84. The molecule has 0 radical (unpaired) electrons. The van der Waals surface area contributed by atoms with Crippen molar-refractivity contribution in [3.8, 4) is 0 Å². The van der Waals surface area contributed by atoms with E-state index in [1.807, 2.05) is 12.1 Å². The number of hydrogen-bond donors (Lipinski definition) is 1. The molecule has 1 saturated carbocycles. The first-order valence-corrected chi connectivity index (χ1v) is 6.80. The standard InChI is InChI=1S/C16H21NO/c1-11-14(10-17-16(2,3)12-8-9-12)13-6-4-5-7-15(13)18-11/h4-7,12,17H,8-10H2,1-3H3. The Morgan fingerprint density at radius 1 is 1.28 bits per heavy atom. The first kappa shape index (κ1) is 11.8. The molecule has 2 nitrogen and oxygen atoms in total. The lowest BCUT2D eigenvalue weighted by atomic mass is 9.98. The summed E-state index contributed by atoms with van der Waals surface area (Å²) in [5, 5.41) is 4.94. The van der Waals surface area contributed by atoms with E-state index in [1.165, 1.54) is 23.8 Å². The van der Waals surface area contributed by atoms with Crippen LogP contribution in [0.1, 0.15) is 38.0 Å². The summed E-state index contributed by atoms with van der Waals surface area (Å²) in [6, 6.07) is 8.29. The molecule has 0 atom stereocenters. The van der Waals surface area contributed by atoms with Gasteiger partial charge in [-0.05, 0) is 45.6 Å². The molecule has 0 aliphatic heterocycles. The number of nitrogens with one attached hydrogen (secondary N) is 1. The number of aryl methyl sites for hydroxylation is 1. The highest BCUT2D eigenvalue weighted by Crippen LogP contribution is 2.39. The van der Waals surface area contributed by atoms with Gasteiger partial charge < -0.3 is 9.73 Å². The van der Waals surface area contributed by atoms with Crippen LogP contribution in [-0.2, 0) is 6.54 Å². The van der Waals surface area contributed by atoms with Crippen molar-refractivity contribution >= 4 is 11.0 Å². The van der Waals surface area contributed by atoms with Gasteiger partial charge in [-0.1, -0.05) is 18.2 Å².